The summed E-state index contributed by atoms with van der Waals surface area (Å²) in [6.45, 7) is 13.5. The molecule has 110 heavy (non-hydrogen) atoms. The fourth-order valence-corrected chi connectivity index (χ4v) is 14.6. The van der Waals surface area contributed by atoms with Crippen LogP contribution >= 0.6 is 0 Å². The molecule has 0 saturated carbocycles. The van der Waals surface area contributed by atoms with Crippen LogP contribution in [0.25, 0.3) is 0 Å². The molecule has 4 heterocycles. The summed E-state index contributed by atoms with van der Waals surface area (Å²) in [6, 6.07) is 69.3. The minimum absolute atomic E-state index is 0.0141. The average Bonchev–Trinajstić information content (AvgIpc) is 1.29. The molecule has 4 fully saturated rings. The van der Waals surface area contributed by atoms with Gasteiger partial charge < -0.3 is 68.7 Å². The number of carbonyl (C=O) groups is 6. The van der Waals surface area contributed by atoms with Crippen LogP contribution < -0.4 is 9.47 Å². The van der Waals surface area contributed by atoms with Crippen LogP contribution in [0.15, 0.2) is 218 Å². The molecule has 0 aliphatic carbocycles. The van der Waals surface area contributed by atoms with Gasteiger partial charge in [0.05, 0.1) is 56.5 Å². The summed E-state index contributed by atoms with van der Waals surface area (Å²) in [7, 11) is 7.46. The number of phenolic OH excluding ortho intramolecular Hbond substituents is 2. The number of aliphatic carboxylic acids is 1. The third-order valence-electron chi connectivity index (χ3n) is 21.0. The average molecular weight is 1500 g/mol. The highest BCUT2D eigenvalue weighted by atomic mass is 16.6. The van der Waals surface area contributed by atoms with E-state index in [1.807, 2.05) is 157 Å². The summed E-state index contributed by atoms with van der Waals surface area (Å²) in [5, 5.41) is 28.8. The Kier molecular flexibility index (Phi) is 33.7. The number of esters is 1. The highest BCUT2D eigenvalue weighted by Gasteiger charge is 2.31. The van der Waals surface area contributed by atoms with Crippen molar-refractivity contribution in [1.29, 1.82) is 0 Å². The maximum absolute atomic E-state index is 13.3. The molecule has 20 heteroatoms. The molecule has 584 valence electrons. The SMILES string of the molecule is CCOC(=O)COc1ccccc1CC(=O)N(C)[C@H](CN1CCCC1)c1ccccc1.CN(C(=O)Cc1ccccc1O)[C@H](CN1CCCC1)c1ccccc1.CN(C(=O)Cc1ccccc1O)[C@H](CN1CCCC1)c1ccccc1.CN(C(=O)Cc1ccccc1OCC(=O)O)[C@H](CN1CCCC1)c1ccccc1. The second-order valence-electron chi connectivity index (χ2n) is 28.7. The van der Waals surface area contributed by atoms with Crippen molar-refractivity contribution in [3.05, 3.63) is 263 Å². The molecule has 8 aromatic rings. The van der Waals surface area contributed by atoms with Crippen molar-refractivity contribution in [3.8, 4) is 23.0 Å². The lowest BCUT2D eigenvalue weighted by atomic mass is 10.0. The first kappa shape index (κ1) is 83.7. The van der Waals surface area contributed by atoms with Crippen molar-refractivity contribution < 1.29 is 58.3 Å². The Morgan fingerprint density at radius 3 is 0.836 bits per heavy atom. The molecular formula is C90H112N8O12. The molecule has 0 aromatic heterocycles. The van der Waals surface area contributed by atoms with Gasteiger partial charge in [0.25, 0.3) is 0 Å². The number of hydrogen-bond acceptors (Lipinski definition) is 15. The van der Waals surface area contributed by atoms with E-state index >= 15 is 0 Å². The number of carbonyl (C=O) groups excluding carboxylic acids is 5. The first-order valence-corrected chi connectivity index (χ1v) is 38.9. The van der Waals surface area contributed by atoms with Crippen LogP contribution in [-0.4, -0.2) is 217 Å². The Hall–Kier alpha value is -10.4. The third kappa shape index (κ3) is 26.2. The molecule has 4 saturated heterocycles. The van der Waals surface area contributed by atoms with Crippen molar-refractivity contribution in [2.75, 3.05) is 127 Å². The van der Waals surface area contributed by atoms with E-state index in [1.165, 1.54) is 51.4 Å². The van der Waals surface area contributed by atoms with Crippen molar-refractivity contribution in [3.63, 3.8) is 0 Å². The van der Waals surface area contributed by atoms with Gasteiger partial charge in [0.15, 0.2) is 13.2 Å². The maximum atomic E-state index is 13.3. The summed E-state index contributed by atoms with van der Waals surface area (Å²) in [4.78, 5) is 91.6. The van der Waals surface area contributed by atoms with Gasteiger partial charge in [-0.25, -0.2) is 9.59 Å². The maximum Gasteiger partial charge on any atom is 0.344 e. The molecular weight excluding hydrogens is 1390 g/mol. The lowest BCUT2D eigenvalue weighted by molar-refractivity contribution is -0.145. The van der Waals surface area contributed by atoms with Gasteiger partial charge in [-0.1, -0.05) is 194 Å². The molecule has 12 rings (SSSR count). The number of para-hydroxylation sites is 4. The van der Waals surface area contributed by atoms with Crippen LogP contribution in [0.5, 0.6) is 23.0 Å². The van der Waals surface area contributed by atoms with Gasteiger partial charge in [-0.2, -0.15) is 0 Å². The fourth-order valence-electron chi connectivity index (χ4n) is 14.6. The number of carboxylic acid groups (broad SMARTS) is 1. The molecule has 3 N–H and O–H groups in total. The van der Waals surface area contributed by atoms with Crippen LogP contribution in [0.4, 0.5) is 0 Å². The molecule has 4 aliphatic rings. The van der Waals surface area contributed by atoms with Crippen LogP contribution in [0.2, 0.25) is 0 Å². The predicted molar refractivity (Wildman–Crippen MR) is 430 cm³/mol. The van der Waals surface area contributed by atoms with E-state index in [4.69, 9.17) is 19.3 Å². The van der Waals surface area contributed by atoms with Crippen molar-refractivity contribution in [2.45, 2.75) is 108 Å². The summed E-state index contributed by atoms with van der Waals surface area (Å²) in [5.74, 6) is -0.0945. The standard InChI is InChI=1S/C25H32N2O4.C23H28N2O4.2C21H26N2O2/c1-3-30-25(29)19-31-23-14-8-7-13-21(23)17-24(28)26(2)22(18-27-15-9-10-16-27)20-11-5-4-6-12-20;1-24(20(16-25-13-7-8-14-25)18-9-3-2-4-10-18)22(26)15-19-11-5-6-12-21(19)29-17-23(27)28;2*1-22(21(25)15-18-11-5-6-12-20(18)24)19(16-23-13-7-8-14-23)17-9-3-2-4-10-17/h4-8,11-14,22H,3,9-10,15-19H2,1-2H3;2-6,9-12,20H,7-8,13-17H2,1H3,(H,27,28);2*2-6,9-12,19,24H,7-8,13-16H2,1H3/t22-;20-;2*19-/m1111/s1. The van der Waals surface area contributed by atoms with Crippen LogP contribution in [0, 0.1) is 0 Å². The smallest absolute Gasteiger partial charge is 0.344 e. The van der Waals surface area contributed by atoms with Gasteiger partial charge in [-0.05, 0) is 157 Å². The topological polar surface area (TPSA) is 217 Å². The van der Waals surface area contributed by atoms with E-state index in [1.54, 1.807) is 67.6 Å². The van der Waals surface area contributed by atoms with Crippen LogP contribution in [-0.2, 0) is 59.2 Å². The molecule has 4 amide bonds. The Labute approximate surface area is 650 Å². The third-order valence-corrected chi connectivity index (χ3v) is 21.0. The van der Waals surface area contributed by atoms with Gasteiger partial charge in [-0.3, -0.25) is 19.2 Å². The zero-order valence-electron chi connectivity index (χ0n) is 64.8. The second kappa shape index (κ2) is 44.3. The summed E-state index contributed by atoms with van der Waals surface area (Å²) >= 11 is 0. The van der Waals surface area contributed by atoms with Crippen molar-refractivity contribution in [1.82, 2.24) is 39.2 Å². The number of carboxylic acids is 1. The first-order chi connectivity index (χ1) is 53.4. The molecule has 0 unspecified atom stereocenters. The highest BCUT2D eigenvalue weighted by molar-refractivity contribution is 5.82. The Morgan fingerprint density at radius 2 is 0.573 bits per heavy atom. The zero-order valence-corrected chi connectivity index (χ0v) is 64.8. The summed E-state index contributed by atoms with van der Waals surface area (Å²) in [6.07, 6.45) is 10.6. The first-order valence-electron chi connectivity index (χ1n) is 38.9. The van der Waals surface area contributed by atoms with Gasteiger partial charge in [-0.15, -0.1) is 0 Å². The minimum Gasteiger partial charge on any atom is -0.508 e. The number of amides is 4. The number of phenols is 2. The largest absolute Gasteiger partial charge is 0.508 e. The predicted octanol–water partition coefficient (Wildman–Crippen LogP) is 12.9. The number of aromatic hydroxyl groups is 2. The van der Waals surface area contributed by atoms with Gasteiger partial charge in [0.2, 0.25) is 23.6 Å². The molecule has 0 radical (unpaired) electrons. The number of rotatable bonds is 31. The zero-order chi connectivity index (χ0) is 78.0. The van der Waals surface area contributed by atoms with E-state index < -0.39 is 18.5 Å². The monoisotopic (exact) mass is 1500 g/mol. The number of likely N-dealkylation sites (N-methyl/N-ethyl adjacent to an activating group) is 4. The number of nitrogens with zero attached hydrogens (tertiary/aromatic N) is 8. The van der Waals surface area contributed by atoms with E-state index in [-0.39, 0.29) is 91.6 Å². The Balaban J connectivity index is 0.000000169. The lowest BCUT2D eigenvalue weighted by Crippen LogP contribution is -2.39. The fraction of sp³-hybridized carbons (Fsp3) is 0.400. The number of likely N-dealkylation sites (tertiary alicyclic amines) is 4. The Bertz CT molecular complexity index is 3990. The number of ether oxygens (including phenoxy) is 3. The molecule has 8 aromatic carbocycles. The highest BCUT2D eigenvalue weighted by Crippen LogP contribution is 2.31. The number of benzene rings is 8. The van der Waals surface area contributed by atoms with E-state index in [9.17, 15) is 39.0 Å². The van der Waals surface area contributed by atoms with Crippen molar-refractivity contribution in [2.24, 2.45) is 0 Å². The normalized spacial score (nSPS) is 15.4. The molecule has 0 spiro atoms. The van der Waals surface area contributed by atoms with Crippen LogP contribution in [0.3, 0.4) is 0 Å². The summed E-state index contributed by atoms with van der Waals surface area (Å²) in [5.41, 5.74) is 7.36. The minimum atomic E-state index is -1.04. The quantitative estimate of drug-likeness (QED) is 0.0344. The molecule has 4 aliphatic heterocycles. The lowest BCUT2D eigenvalue weighted by Gasteiger charge is -2.32. The molecule has 20 nitrogen and oxygen atoms in total. The van der Waals surface area contributed by atoms with E-state index in [0.29, 0.717) is 34.8 Å². The van der Waals surface area contributed by atoms with E-state index in [2.05, 4.69) is 68.1 Å². The second-order valence-corrected chi connectivity index (χ2v) is 28.7. The van der Waals surface area contributed by atoms with Crippen LogP contribution in [0.1, 0.15) is 127 Å². The van der Waals surface area contributed by atoms with Gasteiger partial charge in [0.1, 0.15) is 23.0 Å². The molecule has 4 atom stereocenters. The molecule has 0 bridgehead atoms. The summed E-state index contributed by atoms with van der Waals surface area (Å²) < 4.78 is 15.9. The van der Waals surface area contributed by atoms with E-state index in [0.717, 1.165) is 106 Å². The number of hydrogen-bond donors (Lipinski definition) is 3. The Morgan fingerprint density at radius 1 is 0.336 bits per heavy atom. The van der Waals surface area contributed by atoms with Crippen molar-refractivity contribution >= 4 is 35.6 Å². The van der Waals surface area contributed by atoms with Gasteiger partial charge in [0, 0.05) is 76.6 Å². The van der Waals surface area contributed by atoms with Gasteiger partial charge >= 0.3 is 11.9 Å².